The first-order valence-electron chi connectivity index (χ1n) is 9.11. The van der Waals surface area contributed by atoms with Crippen LogP contribution >= 0.6 is 15.9 Å². The van der Waals surface area contributed by atoms with E-state index in [1.165, 1.54) is 12.1 Å². The number of benzene rings is 2. The van der Waals surface area contributed by atoms with Crippen molar-refractivity contribution in [3.05, 3.63) is 58.1 Å². The van der Waals surface area contributed by atoms with E-state index in [4.69, 9.17) is 5.26 Å². The van der Waals surface area contributed by atoms with Gasteiger partial charge in [0.1, 0.15) is 10.9 Å². The van der Waals surface area contributed by atoms with Crippen LogP contribution in [0.3, 0.4) is 0 Å². The first-order chi connectivity index (χ1) is 15.2. The van der Waals surface area contributed by atoms with Crippen molar-refractivity contribution < 1.29 is 40.2 Å². The summed E-state index contributed by atoms with van der Waals surface area (Å²) in [6.07, 6.45) is -4.71. The number of alkyl halides is 3. The van der Waals surface area contributed by atoms with Gasteiger partial charge in [0.25, 0.3) is 0 Å². The quantitative estimate of drug-likeness (QED) is 0.562. The molecular formula is C19H16BrF3N2O6S2. The highest BCUT2D eigenvalue weighted by Crippen LogP contribution is 2.38. The predicted octanol–water partition coefficient (Wildman–Crippen LogP) is 1.91. The van der Waals surface area contributed by atoms with Crippen LogP contribution in [0.5, 0.6) is 0 Å². The summed E-state index contributed by atoms with van der Waals surface area (Å²) in [5.41, 5.74) is -3.30. The van der Waals surface area contributed by atoms with Crippen LogP contribution in [0.1, 0.15) is 11.1 Å². The average Bonchev–Trinajstić information content (AvgIpc) is 3.12. The normalized spacial score (nSPS) is 22.3. The Morgan fingerprint density at radius 2 is 1.76 bits per heavy atom. The van der Waals surface area contributed by atoms with Gasteiger partial charge in [0.15, 0.2) is 9.84 Å². The van der Waals surface area contributed by atoms with Gasteiger partial charge in [-0.2, -0.15) is 22.7 Å². The minimum atomic E-state index is -4.71. The molecule has 2 N–H and O–H groups in total. The van der Waals surface area contributed by atoms with E-state index in [1.54, 1.807) is 0 Å². The van der Waals surface area contributed by atoms with Crippen molar-refractivity contribution in [2.24, 2.45) is 0 Å². The van der Waals surface area contributed by atoms with E-state index in [-0.39, 0.29) is 10.5 Å². The van der Waals surface area contributed by atoms with E-state index in [9.17, 15) is 40.2 Å². The van der Waals surface area contributed by atoms with Crippen molar-refractivity contribution >= 4 is 35.8 Å². The van der Waals surface area contributed by atoms with Crippen LogP contribution in [0.4, 0.5) is 13.2 Å². The zero-order valence-electron chi connectivity index (χ0n) is 16.5. The molecule has 0 bridgehead atoms. The van der Waals surface area contributed by atoms with Gasteiger partial charge in [-0.3, -0.25) is 0 Å². The maximum atomic E-state index is 13.1. The van der Waals surface area contributed by atoms with Gasteiger partial charge >= 0.3 is 6.18 Å². The van der Waals surface area contributed by atoms with Crippen molar-refractivity contribution in [1.29, 1.82) is 5.26 Å². The molecule has 0 radical (unpaired) electrons. The molecule has 1 saturated heterocycles. The third-order valence-electron chi connectivity index (χ3n) is 5.26. The van der Waals surface area contributed by atoms with E-state index < -0.39 is 71.5 Å². The fourth-order valence-corrected chi connectivity index (χ4v) is 8.05. The van der Waals surface area contributed by atoms with Gasteiger partial charge in [0, 0.05) is 17.6 Å². The van der Waals surface area contributed by atoms with E-state index in [1.807, 2.05) is 6.07 Å². The second-order valence-corrected chi connectivity index (χ2v) is 12.3. The summed E-state index contributed by atoms with van der Waals surface area (Å²) < 4.78 is 91.4. The van der Waals surface area contributed by atoms with Crippen molar-refractivity contribution in [3.8, 4) is 6.07 Å². The summed E-state index contributed by atoms with van der Waals surface area (Å²) in [7, 11) is -8.94. The Hall–Kier alpha value is -2.02. The Morgan fingerprint density at radius 1 is 1.15 bits per heavy atom. The Kier molecular flexibility index (Phi) is 6.70. The SMILES string of the molecule is N#Cc1ccc(S(=O)(=O)[C@H]2CN(S(=O)(=O)c3ccc(C(F)(F)F)cc3Br)C[C@@]2(O)CO)cc1. The number of hydrogen-bond donors (Lipinski definition) is 2. The molecule has 1 aliphatic rings. The Balaban J connectivity index is 2.01. The number of rotatable bonds is 5. The minimum absolute atomic E-state index is 0.175. The maximum absolute atomic E-state index is 13.1. The van der Waals surface area contributed by atoms with Gasteiger partial charge in [-0.15, -0.1) is 0 Å². The summed E-state index contributed by atoms with van der Waals surface area (Å²) >= 11 is 2.81. The molecule has 3 rings (SSSR count). The standard InChI is InChI=1S/C19H16BrF3N2O6S2/c20-15-7-13(19(21,22)23)3-6-16(15)33(30,31)25-9-17(18(27,10-25)11-26)32(28,29)14-4-1-12(8-24)2-5-14/h1-7,17,26-27H,9-11H2/t17-,18+/m0/s1. The monoisotopic (exact) mass is 568 g/mol. The van der Waals surface area contributed by atoms with Crippen molar-refractivity contribution in [1.82, 2.24) is 4.31 Å². The zero-order chi connectivity index (χ0) is 24.8. The number of sulfonamides is 1. The molecule has 178 valence electrons. The highest BCUT2D eigenvalue weighted by Gasteiger charge is 2.55. The number of aliphatic hydroxyl groups is 2. The van der Waals surface area contributed by atoms with E-state index in [2.05, 4.69) is 15.9 Å². The number of sulfone groups is 1. The van der Waals surface area contributed by atoms with Crippen LogP contribution in [0.15, 0.2) is 56.7 Å². The lowest BCUT2D eigenvalue weighted by Gasteiger charge is -2.26. The number of hydrogen-bond acceptors (Lipinski definition) is 7. The molecule has 0 aliphatic carbocycles. The van der Waals surface area contributed by atoms with Crippen LogP contribution in [-0.2, 0) is 26.0 Å². The summed E-state index contributed by atoms with van der Waals surface area (Å²) in [6.45, 7) is -2.65. The summed E-state index contributed by atoms with van der Waals surface area (Å²) in [4.78, 5) is -0.861. The second-order valence-electron chi connectivity index (χ2n) is 7.37. The summed E-state index contributed by atoms with van der Waals surface area (Å²) in [5.74, 6) is 0. The fraction of sp³-hybridized carbons (Fsp3) is 0.316. The number of aliphatic hydroxyl groups excluding tert-OH is 1. The Morgan fingerprint density at radius 3 is 2.24 bits per heavy atom. The zero-order valence-corrected chi connectivity index (χ0v) is 19.7. The van der Waals surface area contributed by atoms with Crippen LogP contribution < -0.4 is 0 Å². The molecular weight excluding hydrogens is 553 g/mol. The molecule has 2 aromatic carbocycles. The maximum Gasteiger partial charge on any atom is 0.416 e. The average molecular weight is 569 g/mol. The van der Waals surface area contributed by atoms with Gasteiger partial charge in [-0.1, -0.05) is 0 Å². The topological polar surface area (TPSA) is 136 Å². The molecule has 0 spiro atoms. The number of nitrogens with zero attached hydrogens (tertiary/aromatic N) is 2. The molecule has 1 fully saturated rings. The lowest BCUT2D eigenvalue weighted by molar-refractivity contribution is -0.137. The molecule has 1 heterocycles. The highest BCUT2D eigenvalue weighted by atomic mass is 79.9. The van der Waals surface area contributed by atoms with Crippen LogP contribution in [-0.4, -0.2) is 61.9 Å². The molecule has 2 atom stereocenters. The van der Waals surface area contributed by atoms with Gasteiger partial charge in [0.2, 0.25) is 10.0 Å². The van der Waals surface area contributed by atoms with Gasteiger partial charge in [-0.05, 0) is 58.4 Å². The van der Waals surface area contributed by atoms with Crippen LogP contribution in [0.2, 0.25) is 0 Å². The van der Waals surface area contributed by atoms with Crippen LogP contribution in [0, 0.1) is 11.3 Å². The first kappa shape index (κ1) is 25.6. The fourth-order valence-electron chi connectivity index (χ4n) is 3.46. The Bertz CT molecular complexity index is 1320. The van der Waals surface area contributed by atoms with E-state index in [0.717, 1.165) is 18.2 Å². The number of halogens is 4. The molecule has 0 amide bonds. The molecule has 0 aromatic heterocycles. The molecule has 2 aromatic rings. The summed E-state index contributed by atoms with van der Waals surface area (Å²) in [5, 5.41) is 27.6. The molecule has 33 heavy (non-hydrogen) atoms. The summed E-state index contributed by atoms with van der Waals surface area (Å²) in [6, 6.07) is 8.39. The first-order valence-corrected chi connectivity index (χ1v) is 12.9. The third kappa shape index (κ3) is 4.66. The minimum Gasteiger partial charge on any atom is -0.393 e. The lowest BCUT2D eigenvalue weighted by Crippen LogP contribution is -2.49. The number of β-amino-alcohol motifs (C(OH)–C–C–N with tert-alkyl or cyclic N) is 1. The van der Waals surface area contributed by atoms with Crippen LogP contribution in [0.25, 0.3) is 0 Å². The molecule has 8 nitrogen and oxygen atoms in total. The number of nitriles is 1. The Labute approximate surface area is 196 Å². The lowest BCUT2D eigenvalue weighted by atomic mass is 10.1. The smallest absolute Gasteiger partial charge is 0.393 e. The van der Waals surface area contributed by atoms with Crippen molar-refractivity contribution in [2.45, 2.75) is 26.8 Å². The largest absolute Gasteiger partial charge is 0.416 e. The van der Waals surface area contributed by atoms with Gasteiger partial charge in [0.05, 0.1) is 33.6 Å². The molecule has 0 saturated carbocycles. The predicted molar refractivity (Wildman–Crippen MR) is 112 cm³/mol. The molecule has 14 heteroatoms. The second kappa shape index (κ2) is 8.64. The highest BCUT2D eigenvalue weighted by molar-refractivity contribution is 9.10. The van der Waals surface area contributed by atoms with Gasteiger partial charge in [-0.25, -0.2) is 16.8 Å². The van der Waals surface area contributed by atoms with Crippen molar-refractivity contribution in [3.63, 3.8) is 0 Å². The van der Waals surface area contributed by atoms with E-state index >= 15 is 0 Å². The van der Waals surface area contributed by atoms with Gasteiger partial charge < -0.3 is 10.2 Å². The van der Waals surface area contributed by atoms with Crippen molar-refractivity contribution in [2.75, 3.05) is 19.7 Å². The van der Waals surface area contributed by atoms with E-state index in [0.29, 0.717) is 16.4 Å². The molecule has 0 unspecified atom stereocenters. The molecule has 1 aliphatic heterocycles. The third-order valence-corrected chi connectivity index (χ3v) is 10.3.